The molecular weight excluding hydrogens is 226 g/mol. The molecule has 0 bridgehead atoms. The first-order valence-corrected chi connectivity index (χ1v) is 5.17. The van der Waals surface area contributed by atoms with Crippen LogP contribution in [0.1, 0.15) is 5.56 Å². The molecule has 1 aromatic heterocycles. The highest BCUT2D eigenvalue weighted by molar-refractivity contribution is 6.30. The number of nitrogen functional groups attached to an aromatic ring is 1. The van der Waals surface area contributed by atoms with Crippen molar-refractivity contribution in [3.05, 3.63) is 34.9 Å². The van der Waals surface area contributed by atoms with Crippen LogP contribution in [-0.4, -0.2) is 17.3 Å². The summed E-state index contributed by atoms with van der Waals surface area (Å²) in [6.07, 6.45) is 0. The van der Waals surface area contributed by atoms with Crippen molar-refractivity contribution in [2.45, 2.75) is 6.61 Å². The van der Waals surface area contributed by atoms with Crippen molar-refractivity contribution in [2.24, 2.45) is 0 Å². The van der Waals surface area contributed by atoms with Crippen LogP contribution < -0.4 is 5.73 Å². The molecule has 0 aliphatic rings. The number of methoxy groups -OCH3 is 1. The van der Waals surface area contributed by atoms with Gasteiger partial charge in [0.2, 0.25) is 0 Å². The number of hydrogen-bond donors (Lipinski definition) is 2. The Morgan fingerprint density at radius 3 is 2.88 bits per heavy atom. The third kappa shape index (κ3) is 2.18. The second-order valence-electron chi connectivity index (χ2n) is 3.44. The van der Waals surface area contributed by atoms with Crippen molar-refractivity contribution >= 4 is 17.4 Å². The number of nitrogens with zero attached hydrogens (tertiary/aromatic N) is 1. The number of ether oxygens (including phenoxy) is 1. The summed E-state index contributed by atoms with van der Waals surface area (Å²) in [5.74, 6) is 0.466. The van der Waals surface area contributed by atoms with Crippen LogP contribution in [0.15, 0.2) is 24.3 Å². The molecule has 2 rings (SSSR count). The van der Waals surface area contributed by atoms with E-state index in [1.165, 1.54) is 0 Å². The smallest absolute Gasteiger partial charge is 0.145 e. The Morgan fingerprint density at radius 2 is 2.25 bits per heavy atom. The van der Waals surface area contributed by atoms with Crippen LogP contribution in [0, 0.1) is 0 Å². The van der Waals surface area contributed by atoms with Gasteiger partial charge in [0.1, 0.15) is 5.82 Å². The number of rotatable bonds is 3. The predicted molar refractivity (Wildman–Crippen MR) is 64.2 cm³/mol. The van der Waals surface area contributed by atoms with E-state index in [0.29, 0.717) is 17.4 Å². The summed E-state index contributed by atoms with van der Waals surface area (Å²) in [7, 11) is 1.64. The Morgan fingerprint density at radius 1 is 1.44 bits per heavy atom. The van der Waals surface area contributed by atoms with E-state index in [9.17, 15) is 0 Å². The standard InChI is InChI=1S/C11H12ClN3O/c1-16-6-7-4-8(12)2-3-9(7)10-5-11(13)15-14-10/h2-5H,6H2,1H3,(H3,13,14,15). The fraction of sp³-hybridized carbons (Fsp3) is 0.182. The lowest BCUT2D eigenvalue weighted by molar-refractivity contribution is 0.185. The summed E-state index contributed by atoms with van der Waals surface area (Å²) in [5, 5.41) is 7.45. The average Bonchev–Trinajstić information content (AvgIpc) is 2.65. The molecule has 0 atom stereocenters. The molecule has 4 nitrogen and oxygen atoms in total. The number of nitrogens with two attached hydrogens (primary N) is 1. The van der Waals surface area contributed by atoms with Gasteiger partial charge in [0, 0.05) is 23.8 Å². The molecule has 0 spiro atoms. The number of aromatic amines is 1. The largest absolute Gasteiger partial charge is 0.382 e. The molecule has 2 aromatic rings. The Balaban J connectivity index is 2.47. The first-order valence-electron chi connectivity index (χ1n) is 4.79. The third-order valence-electron chi connectivity index (χ3n) is 2.25. The minimum absolute atomic E-state index is 0.466. The minimum Gasteiger partial charge on any atom is -0.382 e. The number of nitrogens with one attached hydrogen (secondary N) is 1. The van der Waals surface area contributed by atoms with E-state index < -0.39 is 0 Å². The molecule has 1 aromatic carbocycles. The lowest BCUT2D eigenvalue weighted by Crippen LogP contribution is -1.92. The fourth-order valence-corrected chi connectivity index (χ4v) is 1.77. The number of anilines is 1. The maximum atomic E-state index is 5.94. The monoisotopic (exact) mass is 237 g/mol. The molecule has 0 radical (unpaired) electrons. The summed E-state index contributed by atoms with van der Waals surface area (Å²) < 4.78 is 5.13. The number of benzene rings is 1. The number of halogens is 1. The van der Waals surface area contributed by atoms with E-state index in [1.807, 2.05) is 18.2 Å². The van der Waals surface area contributed by atoms with E-state index in [4.69, 9.17) is 22.1 Å². The lowest BCUT2D eigenvalue weighted by Gasteiger charge is -2.07. The van der Waals surface area contributed by atoms with Gasteiger partial charge in [-0.15, -0.1) is 0 Å². The van der Waals surface area contributed by atoms with Gasteiger partial charge in [0.25, 0.3) is 0 Å². The highest BCUT2D eigenvalue weighted by Gasteiger charge is 2.08. The number of H-pyrrole nitrogens is 1. The number of aromatic nitrogens is 2. The maximum Gasteiger partial charge on any atom is 0.145 e. The molecule has 0 saturated heterocycles. The van der Waals surface area contributed by atoms with Crippen LogP contribution in [-0.2, 0) is 11.3 Å². The quantitative estimate of drug-likeness (QED) is 0.862. The summed E-state index contributed by atoms with van der Waals surface area (Å²) in [4.78, 5) is 0. The third-order valence-corrected chi connectivity index (χ3v) is 2.49. The van der Waals surface area contributed by atoms with Gasteiger partial charge in [-0.25, -0.2) is 0 Å². The second-order valence-corrected chi connectivity index (χ2v) is 3.88. The van der Waals surface area contributed by atoms with Crippen molar-refractivity contribution < 1.29 is 4.74 Å². The van der Waals surface area contributed by atoms with Crippen LogP contribution in [0.25, 0.3) is 11.3 Å². The Labute approximate surface area is 98.4 Å². The van der Waals surface area contributed by atoms with Gasteiger partial charge in [0.05, 0.1) is 12.3 Å². The molecule has 0 fully saturated rings. The summed E-state index contributed by atoms with van der Waals surface area (Å²) in [6, 6.07) is 7.40. The molecule has 16 heavy (non-hydrogen) atoms. The minimum atomic E-state index is 0.466. The zero-order valence-corrected chi connectivity index (χ0v) is 9.58. The molecule has 0 unspecified atom stereocenters. The first-order chi connectivity index (χ1) is 7.70. The molecule has 0 amide bonds. The highest BCUT2D eigenvalue weighted by Crippen LogP contribution is 2.26. The van der Waals surface area contributed by atoms with Crippen LogP contribution in [0.5, 0.6) is 0 Å². The Hall–Kier alpha value is -1.52. The van der Waals surface area contributed by atoms with Crippen molar-refractivity contribution in [1.29, 1.82) is 0 Å². The van der Waals surface area contributed by atoms with Gasteiger partial charge in [-0.2, -0.15) is 5.10 Å². The number of hydrogen-bond acceptors (Lipinski definition) is 3. The van der Waals surface area contributed by atoms with Gasteiger partial charge in [-0.1, -0.05) is 17.7 Å². The van der Waals surface area contributed by atoms with E-state index in [0.717, 1.165) is 16.8 Å². The molecule has 84 valence electrons. The van der Waals surface area contributed by atoms with Crippen molar-refractivity contribution in [3.63, 3.8) is 0 Å². The molecule has 3 N–H and O–H groups in total. The molecule has 0 aliphatic heterocycles. The van der Waals surface area contributed by atoms with Crippen LogP contribution in [0.4, 0.5) is 5.82 Å². The Kier molecular flexibility index (Phi) is 3.12. The zero-order valence-electron chi connectivity index (χ0n) is 8.83. The van der Waals surface area contributed by atoms with Gasteiger partial charge in [-0.3, -0.25) is 5.10 Å². The zero-order chi connectivity index (χ0) is 11.5. The fourth-order valence-electron chi connectivity index (χ4n) is 1.58. The summed E-state index contributed by atoms with van der Waals surface area (Å²) in [5.41, 5.74) is 8.43. The van der Waals surface area contributed by atoms with E-state index >= 15 is 0 Å². The molecule has 1 heterocycles. The van der Waals surface area contributed by atoms with Crippen molar-refractivity contribution in [1.82, 2.24) is 10.2 Å². The summed E-state index contributed by atoms with van der Waals surface area (Å²) >= 11 is 5.94. The van der Waals surface area contributed by atoms with Crippen LogP contribution in [0.2, 0.25) is 5.02 Å². The topological polar surface area (TPSA) is 63.9 Å². The predicted octanol–water partition coefficient (Wildman–Crippen LogP) is 2.46. The first kappa shape index (κ1) is 11.0. The molecule has 0 saturated carbocycles. The van der Waals surface area contributed by atoms with Crippen LogP contribution >= 0.6 is 11.6 Å². The second kappa shape index (κ2) is 4.55. The van der Waals surface area contributed by atoms with E-state index in [1.54, 1.807) is 13.2 Å². The molecule has 5 heteroatoms. The summed E-state index contributed by atoms with van der Waals surface area (Å²) in [6.45, 7) is 0.495. The van der Waals surface area contributed by atoms with Crippen molar-refractivity contribution in [2.75, 3.05) is 12.8 Å². The highest BCUT2D eigenvalue weighted by atomic mass is 35.5. The molecular formula is C11H12ClN3O. The lowest BCUT2D eigenvalue weighted by atomic mass is 10.1. The van der Waals surface area contributed by atoms with Crippen LogP contribution in [0.3, 0.4) is 0 Å². The Bertz CT molecular complexity index is 496. The normalized spacial score (nSPS) is 10.6. The average molecular weight is 238 g/mol. The van der Waals surface area contributed by atoms with Gasteiger partial charge in [-0.05, 0) is 17.7 Å². The van der Waals surface area contributed by atoms with E-state index in [2.05, 4.69) is 10.2 Å². The van der Waals surface area contributed by atoms with Gasteiger partial charge >= 0.3 is 0 Å². The maximum absolute atomic E-state index is 5.94. The van der Waals surface area contributed by atoms with E-state index in [-0.39, 0.29) is 0 Å². The molecule has 0 aliphatic carbocycles. The SMILES string of the molecule is COCc1cc(Cl)ccc1-c1cc(N)n[nH]1. The van der Waals surface area contributed by atoms with Gasteiger partial charge in [0.15, 0.2) is 0 Å². The van der Waals surface area contributed by atoms with Gasteiger partial charge < -0.3 is 10.5 Å². The van der Waals surface area contributed by atoms with Crippen molar-refractivity contribution in [3.8, 4) is 11.3 Å².